The number of hydrogen-bond acceptors (Lipinski definition) is 4. The van der Waals surface area contributed by atoms with Gasteiger partial charge in [0.2, 0.25) is 5.43 Å². The van der Waals surface area contributed by atoms with Crippen molar-refractivity contribution in [3.63, 3.8) is 0 Å². The largest absolute Gasteiger partial charge is 0.488 e. The Balaban J connectivity index is 2.72. The molecule has 17 heavy (non-hydrogen) atoms. The monoisotopic (exact) mass is 254 g/mol. The van der Waals surface area contributed by atoms with Crippen molar-refractivity contribution in [1.29, 1.82) is 5.26 Å². The second-order valence-corrected chi connectivity index (χ2v) is 4.88. The van der Waals surface area contributed by atoms with E-state index < -0.39 is 10.8 Å². The number of aromatic amines is 1. The van der Waals surface area contributed by atoms with Crippen LogP contribution in [0.25, 0.3) is 0 Å². The van der Waals surface area contributed by atoms with Crippen molar-refractivity contribution in [1.82, 2.24) is 4.98 Å². The van der Waals surface area contributed by atoms with E-state index in [9.17, 15) is 9.00 Å². The van der Waals surface area contributed by atoms with Gasteiger partial charge in [-0.3, -0.25) is 9.00 Å². The van der Waals surface area contributed by atoms with Crippen LogP contribution in [0, 0.1) is 11.3 Å². The summed E-state index contributed by atoms with van der Waals surface area (Å²) in [5, 5.41) is 8.38. The maximum atomic E-state index is 11.6. The number of ether oxygens (including phenoxy) is 1. The van der Waals surface area contributed by atoms with Gasteiger partial charge >= 0.3 is 0 Å². The molecule has 1 atom stereocenters. The molecule has 0 amide bonds. The molecular weight excluding hydrogens is 240 g/mol. The predicted molar refractivity (Wildman–Crippen MR) is 65.2 cm³/mol. The van der Waals surface area contributed by atoms with Gasteiger partial charge in [0.1, 0.15) is 5.75 Å². The lowest BCUT2D eigenvalue weighted by Crippen LogP contribution is -2.11. The lowest BCUT2D eigenvalue weighted by molar-refractivity contribution is 0.313. The highest BCUT2D eigenvalue weighted by atomic mass is 32.2. The quantitative estimate of drug-likeness (QED) is 0.818. The van der Waals surface area contributed by atoms with Gasteiger partial charge in [0, 0.05) is 28.8 Å². The fourth-order valence-electron chi connectivity index (χ4n) is 1.21. The molecule has 0 aromatic carbocycles. The van der Waals surface area contributed by atoms with Crippen LogP contribution in [0.15, 0.2) is 17.1 Å². The molecule has 6 heteroatoms. The molecule has 0 fully saturated rings. The molecule has 1 N–H and O–H groups in total. The van der Waals surface area contributed by atoms with Gasteiger partial charge in [-0.2, -0.15) is 5.26 Å². The van der Waals surface area contributed by atoms with Crippen molar-refractivity contribution in [2.75, 3.05) is 12.4 Å². The second-order valence-electron chi connectivity index (χ2n) is 3.42. The third-order valence-electron chi connectivity index (χ3n) is 1.94. The van der Waals surface area contributed by atoms with Crippen molar-refractivity contribution in [3.8, 4) is 11.8 Å². The zero-order valence-electron chi connectivity index (χ0n) is 9.56. The number of pyridine rings is 1. The van der Waals surface area contributed by atoms with Crippen molar-refractivity contribution in [3.05, 3.63) is 28.2 Å². The van der Waals surface area contributed by atoms with E-state index in [0.29, 0.717) is 12.3 Å². The first kappa shape index (κ1) is 13.5. The normalized spacial score (nSPS) is 11.8. The minimum atomic E-state index is -1.26. The van der Waals surface area contributed by atoms with Crippen LogP contribution in [0.2, 0.25) is 0 Å². The molecular formula is C11H14N2O3S. The Kier molecular flexibility index (Phi) is 5.43. The number of nitrogens with one attached hydrogen (secondary N) is 1. The standard InChI is InChI=1S/C11H14N2O3S/c1-2-4-16-11-7-13-9(6-10(11)14)8-17(15)5-3-12/h6-7H,2,4-5,8H2,1H3,(H,13,14). The Labute approximate surface area is 102 Å². The molecule has 1 heterocycles. The SMILES string of the molecule is CCCOc1c[nH]c(CS(=O)CC#N)cc1=O. The smallest absolute Gasteiger partial charge is 0.223 e. The molecule has 0 aliphatic carbocycles. The topological polar surface area (TPSA) is 82.9 Å². The summed E-state index contributed by atoms with van der Waals surface area (Å²) in [6, 6.07) is 3.19. The van der Waals surface area contributed by atoms with E-state index in [2.05, 4.69) is 4.98 Å². The van der Waals surface area contributed by atoms with E-state index in [1.165, 1.54) is 12.3 Å². The predicted octanol–water partition coefficient (Wildman–Crippen LogP) is 0.936. The Hall–Kier alpha value is -1.61. The van der Waals surface area contributed by atoms with Crippen LogP contribution < -0.4 is 10.2 Å². The second kappa shape index (κ2) is 6.86. The highest BCUT2D eigenvalue weighted by molar-refractivity contribution is 7.84. The van der Waals surface area contributed by atoms with Crippen LogP contribution >= 0.6 is 0 Å². The first-order valence-corrected chi connectivity index (χ1v) is 6.72. The van der Waals surface area contributed by atoms with Crippen molar-refractivity contribution >= 4 is 10.8 Å². The molecule has 1 aromatic heterocycles. The average Bonchev–Trinajstić information content (AvgIpc) is 2.28. The maximum absolute atomic E-state index is 11.6. The molecule has 0 aliphatic rings. The number of aromatic nitrogens is 1. The minimum absolute atomic E-state index is 0.0316. The molecule has 0 radical (unpaired) electrons. The third-order valence-corrected chi connectivity index (χ3v) is 3.02. The van der Waals surface area contributed by atoms with E-state index in [0.717, 1.165) is 6.42 Å². The molecule has 1 rings (SSSR count). The van der Waals surface area contributed by atoms with Gasteiger partial charge in [0.15, 0.2) is 5.75 Å². The summed E-state index contributed by atoms with van der Waals surface area (Å²) in [6.07, 6.45) is 2.30. The highest BCUT2D eigenvalue weighted by Crippen LogP contribution is 2.04. The summed E-state index contributed by atoms with van der Waals surface area (Å²) in [5.74, 6) is 0.411. The van der Waals surface area contributed by atoms with Crippen molar-refractivity contribution in [2.45, 2.75) is 19.1 Å². The van der Waals surface area contributed by atoms with E-state index >= 15 is 0 Å². The Morgan fingerprint density at radius 3 is 2.94 bits per heavy atom. The number of H-pyrrole nitrogens is 1. The zero-order chi connectivity index (χ0) is 12.7. The molecule has 1 unspecified atom stereocenters. The average molecular weight is 254 g/mol. The van der Waals surface area contributed by atoms with Crippen LogP contribution in [-0.4, -0.2) is 21.6 Å². The molecule has 0 bridgehead atoms. The van der Waals surface area contributed by atoms with Gasteiger partial charge in [-0.1, -0.05) is 6.92 Å². The van der Waals surface area contributed by atoms with E-state index in [1.54, 1.807) is 0 Å². The van der Waals surface area contributed by atoms with E-state index in [4.69, 9.17) is 10.00 Å². The molecule has 5 nitrogen and oxygen atoms in total. The molecule has 1 aromatic rings. The zero-order valence-corrected chi connectivity index (χ0v) is 10.4. The van der Waals surface area contributed by atoms with E-state index in [-0.39, 0.29) is 22.7 Å². The van der Waals surface area contributed by atoms with Crippen molar-refractivity contribution in [2.24, 2.45) is 0 Å². The molecule has 0 spiro atoms. The summed E-state index contributed by atoms with van der Waals surface area (Å²) in [5.41, 5.74) is 0.314. The fraction of sp³-hybridized carbons (Fsp3) is 0.455. The first-order valence-electron chi connectivity index (χ1n) is 5.23. The van der Waals surface area contributed by atoms with Gasteiger partial charge in [-0.15, -0.1) is 0 Å². The Morgan fingerprint density at radius 2 is 2.35 bits per heavy atom. The van der Waals surface area contributed by atoms with Crippen molar-refractivity contribution < 1.29 is 8.95 Å². The molecule has 92 valence electrons. The highest BCUT2D eigenvalue weighted by Gasteiger charge is 2.05. The summed E-state index contributed by atoms with van der Waals surface area (Å²) >= 11 is 0. The van der Waals surface area contributed by atoms with Crippen LogP contribution in [0.5, 0.6) is 5.75 Å². The van der Waals surface area contributed by atoms with Crippen LogP contribution in [-0.2, 0) is 16.6 Å². The van der Waals surface area contributed by atoms with Crippen LogP contribution in [0.4, 0.5) is 0 Å². The molecule has 0 saturated carbocycles. The van der Waals surface area contributed by atoms with Gasteiger partial charge in [-0.25, -0.2) is 0 Å². The minimum Gasteiger partial charge on any atom is -0.488 e. The van der Waals surface area contributed by atoms with Gasteiger partial charge in [-0.05, 0) is 6.42 Å². The number of rotatable bonds is 6. The summed E-state index contributed by atoms with van der Waals surface area (Å²) in [6.45, 7) is 2.44. The lowest BCUT2D eigenvalue weighted by Gasteiger charge is -2.04. The lowest BCUT2D eigenvalue weighted by atomic mass is 10.3. The van der Waals surface area contributed by atoms with Gasteiger partial charge in [0.25, 0.3) is 0 Å². The van der Waals surface area contributed by atoms with E-state index in [1.807, 2.05) is 13.0 Å². The summed E-state index contributed by atoms with van der Waals surface area (Å²) < 4.78 is 16.5. The Morgan fingerprint density at radius 1 is 1.59 bits per heavy atom. The van der Waals surface area contributed by atoms with Gasteiger partial charge in [0.05, 0.1) is 18.4 Å². The summed E-state index contributed by atoms with van der Waals surface area (Å²) in [7, 11) is -1.26. The van der Waals surface area contributed by atoms with Crippen LogP contribution in [0.3, 0.4) is 0 Å². The third kappa shape index (κ3) is 4.41. The number of nitrogens with zero attached hydrogens (tertiary/aromatic N) is 1. The molecule has 0 aliphatic heterocycles. The van der Waals surface area contributed by atoms with Gasteiger partial charge < -0.3 is 9.72 Å². The number of nitriles is 1. The Bertz CT molecular complexity index is 490. The van der Waals surface area contributed by atoms with Crippen LogP contribution in [0.1, 0.15) is 19.0 Å². The first-order chi connectivity index (χ1) is 8.17. The number of hydrogen-bond donors (Lipinski definition) is 1. The maximum Gasteiger partial charge on any atom is 0.223 e. The summed E-state index contributed by atoms with van der Waals surface area (Å²) in [4.78, 5) is 14.4. The molecule has 0 saturated heterocycles. The fourth-order valence-corrected chi connectivity index (χ4v) is 1.96.